The summed E-state index contributed by atoms with van der Waals surface area (Å²) in [6, 6.07) is 10.5. The van der Waals surface area contributed by atoms with E-state index < -0.39 is 10.1 Å². The Morgan fingerprint density at radius 1 is 1.22 bits per heavy atom. The highest BCUT2D eigenvalue weighted by Crippen LogP contribution is 2.27. The van der Waals surface area contributed by atoms with Crippen molar-refractivity contribution in [1.29, 1.82) is 0 Å². The highest BCUT2D eigenvalue weighted by molar-refractivity contribution is 7.85. The van der Waals surface area contributed by atoms with Crippen molar-refractivity contribution in [1.82, 2.24) is 4.90 Å². The van der Waals surface area contributed by atoms with Gasteiger partial charge in [-0.1, -0.05) is 12.1 Å². The summed E-state index contributed by atoms with van der Waals surface area (Å²) in [7, 11) is -2.09. The molecular formula is C17H21NO4S. The summed E-state index contributed by atoms with van der Waals surface area (Å²) >= 11 is 0. The van der Waals surface area contributed by atoms with Crippen molar-refractivity contribution in [3.8, 4) is 5.75 Å². The third-order valence-electron chi connectivity index (χ3n) is 4.52. The first kappa shape index (κ1) is 16.2. The van der Waals surface area contributed by atoms with Crippen molar-refractivity contribution in [3.63, 3.8) is 0 Å². The van der Waals surface area contributed by atoms with E-state index in [1.165, 1.54) is 18.6 Å². The minimum Gasteiger partial charge on any atom is -0.489 e. The van der Waals surface area contributed by atoms with Gasteiger partial charge in [-0.2, -0.15) is 8.42 Å². The SMILES string of the molecule is CC(Oc1ccc2ccc(S(=O)(=O)O)cc2c1)C1CCCN1C. The molecule has 0 radical (unpaired) electrons. The number of hydrogen-bond acceptors (Lipinski definition) is 4. The largest absolute Gasteiger partial charge is 0.489 e. The molecule has 124 valence electrons. The van der Waals surface area contributed by atoms with Crippen LogP contribution in [0.5, 0.6) is 5.75 Å². The molecule has 0 bridgehead atoms. The van der Waals surface area contributed by atoms with Crippen LogP contribution in [0.3, 0.4) is 0 Å². The number of likely N-dealkylation sites (N-methyl/N-ethyl adjacent to an activating group) is 1. The lowest BCUT2D eigenvalue weighted by atomic mass is 10.1. The number of fused-ring (bicyclic) bond motifs is 1. The molecule has 1 heterocycles. The van der Waals surface area contributed by atoms with Crippen molar-refractivity contribution in [2.24, 2.45) is 0 Å². The summed E-state index contributed by atoms with van der Waals surface area (Å²) in [5.74, 6) is 0.706. The fourth-order valence-electron chi connectivity index (χ4n) is 3.26. The van der Waals surface area contributed by atoms with Crippen LogP contribution in [0.4, 0.5) is 0 Å². The molecule has 6 heteroatoms. The van der Waals surface area contributed by atoms with Gasteiger partial charge in [-0.25, -0.2) is 0 Å². The van der Waals surface area contributed by atoms with Crippen molar-refractivity contribution in [2.75, 3.05) is 13.6 Å². The number of hydrogen-bond donors (Lipinski definition) is 1. The Bertz CT molecular complexity index is 818. The predicted octanol–water partition coefficient (Wildman–Crippen LogP) is 2.95. The molecule has 2 aromatic rings. The molecule has 2 unspecified atom stereocenters. The molecule has 1 fully saturated rings. The van der Waals surface area contributed by atoms with Crippen LogP contribution >= 0.6 is 0 Å². The van der Waals surface area contributed by atoms with Crippen LogP contribution in [0.1, 0.15) is 19.8 Å². The molecule has 1 aliphatic heterocycles. The third-order valence-corrected chi connectivity index (χ3v) is 5.37. The minimum atomic E-state index is -4.20. The van der Waals surface area contributed by atoms with E-state index in [-0.39, 0.29) is 11.0 Å². The summed E-state index contributed by atoms with van der Waals surface area (Å²) in [6.07, 6.45) is 2.37. The van der Waals surface area contributed by atoms with E-state index in [4.69, 9.17) is 4.74 Å². The zero-order valence-electron chi connectivity index (χ0n) is 13.3. The average Bonchev–Trinajstić information content (AvgIpc) is 2.92. The minimum absolute atomic E-state index is 0.0599. The summed E-state index contributed by atoms with van der Waals surface area (Å²) in [6.45, 7) is 3.15. The predicted molar refractivity (Wildman–Crippen MR) is 89.5 cm³/mol. The number of rotatable bonds is 4. The van der Waals surface area contributed by atoms with Crippen molar-refractivity contribution in [3.05, 3.63) is 36.4 Å². The number of benzene rings is 2. The van der Waals surface area contributed by atoms with Crippen LogP contribution in [-0.4, -0.2) is 43.6 Å². The van der Waals surface area contributed by atoms with E-state index in [0.29, 0.717) is 11.8 Å². The van der Waals surface area contributed by atoms with Gasteiger partial charge in [0.2, 0.25) is 0 Å². The van der Waals surface area contributed by atoms with Gasteiger partial charge in [0, 0.05) is 6.04 Å². The van der Waals surface area contributed by atoms with Gasteiger partial charge in [-0.15, -0.1) is 0 Å². The summed E-state index contributed by atoms with van der Waals surface area (Å²) < 4.78 is 37.8. The monoisotopic (exact) mass is 335 g/mol. The molecule has 3 rings (SSSR count). The van der Waals surface area contributed by atoms with Gasteiger partial charge in [-0.05, 0) is 68.4 Å². The maximum Gasteiger partial charge on any atom is 0.294 e. The molecule has 0 saturated carbocycles. The Balaban J connectivity index is 1.87. The summed E-state index contributed by atoms with van der Waals surface area (Å²) in [5, 5.41) is 1.62. The molecule has 5 nitrogen and oxygen atoms in total. The van der Waals surface area contributed by atoms with E-state index in [1.54, 1.807) is 6.07 Å². The lowest BCUT2D eigenvalue weighted by Gasteiger charge is -2.26. The Labute approximate surface area is 136 Å². The average molecular weight is 335 g/mol. The normalized spacial score (nSPS) is 20.7. The first-order valence-corrected chi connectivity index (χ1v) is 9.17. The van der Waals surface area contributed by atoms with Crippen LogP contribution in [0.25, 0.3) is 10.8 Å². The van der Waals surface area contributed by atoms with E-state index in [1.807, 2.05) is 18.2 Å². The number of likely N-dealkylation sites (tertiary alicyclic amines) is 1. The molecule has 0 aromatic heterocycles. The first-order chi connectivity index (χ1) is 10.8. The van der Waals surface area contributed by atoms with Gasteiger partial charge in [-0.3, -0.25) is 9.45 Å². The molecule has 1 saturated heterocycles. The lowest BCUT2D eigenvalue weighted by molar-refractivity contribution is 0.121. The number of nitrogens with zero attached hydrogens (tertiary/aromatic N) is 1. The van der Waals surface area contributed by atoms with Gasteiger partial charge in [0.25, 0.3) is 10.1 Å². The first-order valence-electron chi connectivity index (χ1n) is 7.73. The van der Waals surface area contributed by atoms with E-state index in [9.17, 15) is 13.0 Å². The van der Waals surface area contributed by atoms with Crippen molar-refractivity contribution < 1.29 is 17.7 Å². The van der Waals surface area contributed by atoms with Crippen LogP contribution in [0.2, 0.25) is 0 Å². The zero-order chi connectivity index (χ0) is 16.6. The molecular weight excluding hydrogens is 314 g/mol. The van der Waals surface area contributed by atoms with Crippen molar-refractivity contribution >= 4 is 20.9 Å². The van der Waals surface area contributed by atoms with Crippen LogP contribution in [0.15, 0.2) is 41.3 Å². The highest BCUT2D eigenvalue weighted by Gasteiger charge is 2.27. The molecule has 0 amide bonds. The van der Waals surface area contributed by atoms with Crippen molar-refractivity contribution in [2.45, 2.75) is 36.8 Å². The molecule has 1 aliphatic rings. The third kappa shape index (κ3) is 3.49. The Hall–Kier alpha value is -1.63. The number of ether oxygens (including phenoxy) is 1. The summed E-state index contributed by atoms with van der Waals surface area (Å²) in [5.41, 5.74) is 0. The molecule has 0 spiro atoms. The van der Waals surface area contributed by atoms with Gasteiger partial charge < -0.3 is 4.74 Å². The van der Waals surface area contributed by atoms with Gasteiger partial charge in [0.05, 0.1) is 4.90 Å². The molecule has 0 aliphatic carbocycles. The topological polar surface area (TPSA) is 66.8 Å². The Morgan fingerprint density at radius 3 is 2.61 bits per heavy atom. The zero-order valence-corrected chi connectivity index (χ0v) is 14.1. The fraction of sp³-hybridized carbons (Fsp3) is 0.412. The molecule has 1 N–H and O–H groups in total. The van der Waals surface area contributed by atoms with Crippen LogP contribution in [0, 0.1) is 0 Å². The van der Waals surface area contributed by atoms with E-state index >= 15 is 0 Å². The second-order valence-electron chi connectivity index (χ2n) is 6.16. The standard InChI is InChI=1S/C17H21NO4S/c1-12(17-4-3-9-18(17)2)22-15-7-5-13-6-8-16(23(19,20)21)11-14(13)10-15/h5-8,10-12,17H,3-4,9H2,1-2H3,(H,19,20,21). The Kier molecular flexibility index (Phi) is 4.31. The van der Waals surface area contributed by atoms with E-state index in [0.717, 1.165) is 23.7 Å². The molecule has 23 heavy (non-hydrogen) atoms. The van der Waals surface area contributed by atoms with Gasteiger partial charge >= 0.3 is 0 Å². The van der Waals surface area contributed by atoms with Crippen LogP contribution in [-0.2, 0) is 10.1 Å². The van der Waals surface area contributed by atoms with Crippen LogP contribution < -0.4 is 4.74 Å². The van der Waals surface area contributed by atoms with E-state index in [2.05, 4.69) is 18.9 Å². The maximum absolute atomic E-state index is 11.3. The molecule has 2 aromatic carbocycles. The highest BCUT2D eigenvalue weighted by atomic mass is 32.2. The smallest absolute Gasteiger partial charge is 0.294 e. The second-order valence-corrected chi connectivity index (χ2v) is 7.58. The molecule has 2 atom stereocenters. The summed E-state index contributed by atoms with van der Waals surface area (Å²) in [4.78, 5) is 2.20. The van der Waals surface area contributed by atoms with Gasteiger partial charge in [0.1, 0.15) is 11.9 Å². The maximum atomic E-state index is 11.3. The lowest BCUT2D eigenvalue weighted by Crippen LogP contribution is -2.37. The quantitative estimate of drug-likeness (QED) is 0.870. The fourth-order valence-corrected chi connectivity index (χ4v) is 3.77. The Morgan fingerprint density at radius 2 is 1.96 bits per heavy atom. The second kappa shape index (κ2) is 6.11. The van der Waals surface area contributed by atoms with Gasteiger partial charge in [0.15, 0.2) is 0 Å².